The molecule has 5 heteroatoms. The molecular formula is C23H30N4O+2. The Morgan fingerprint density at radius 2 is 1.64 bits per heavy atom. The molecule has 1 heterocycles. The van der Waals surface area contributed by atoms with E-state index < -0.39 is 0 Å². The molecule has 0 radical (unpaired) electrons. The van der Waals surface area contributed by atoms with Crippen LogP contribution < -0.4 is 15.1 Å². The number of hydrogen-bond donors (Lipinski definition) is 3. The fourth-order valence-electron chi connectivity index (χ4n) is 3.78. The average molecular weight is 379 g/mol. The number of anilines is 1. The van der Waals surface area contributed by atoms with Gasteiger partial charge in [0.15, 0.2) is 6.04 Å². The molecule has 1 aliphatic heterocycles. The summed E-state index contributed by atoms with van der Waals surface area (Å²) in [6, 6.07) is 18.1. The number of carbonyl (C=O) groups is 1. The Bertz CT molecular complexity index is 815. The van der Waals surface area contributed by atoms with Crippen LogP contribution in [0.2, 0.25) is 0 Å². The molecule has 2 aromatic carbocycles. The molecule has 0 unspecified atom stereocenters. The zero-order chi connectivity index (χ0) is 19.9. The van der Waals surface area contributed by atoms with E-state index in [1.807, 2.05) is 43.3 Å². The molecule has 0 bridgehead atoms. The van der Waals surface area contributed by atoms with Crippen LogP contribution in [0.1, 0.15) is 30.5 Å². The van der Waals surface area contributed by atoms with Crippen molar-refractivity contribution in [3.8, 4) is 6.07 Å². The van der Waals surface area contributed by atoms with Crippen LogP contribution in [0.25, 0.3) is 0 Å². The van der Waals surface area contributed by atoms with Gasteiger partial charge in [0.05, 0.1) is 11.6 Å². The van der Waals surface area contributed by atoms with Gasteiger partial charge in [0.25, 0.3) is 5.91 Å². The second-order valence-electron chi connectivity index (χ2n) is 7.66. The van der Waals surface area contributed by atoms with E-state index in [4.69, 9.17) is 5.26 Å². The summed E-state index contributed by atoms with van der Waals surface area (Å²) in [5.41, 5.74) is 4.12. The third kappa shape index (κ3) is 5.19. The summed E-state index contributed by atoms with van der Waals surface area (Å²) in [6.07, 6.45) is 1.00. The lowest BCUT2D eigenvalue weighted by atomic mass is 10.1. The van der Waals surface area contributed by atoms with E-state index in [9.17, 15) is 4.79 Å². The smallest absolute Gasteiger partial charge is 0.282 e. The molecule has 28 heavy (non-hydrogen) atoms. The summed E-state index contributed by atoms with van der Waals surface area (Å²) in [5.74, 6) is 0.0924. The van der Waals surface area contributed by atoms with E-state index in [1.54, 1.807) is 0 Å². The van der Waals surface area contributed by atoms with Gasteiger partial charge >= 0.3 is 0 Å². The fraction of sp³-hybridized carbons (Fsp3) is 0.391. The molecule has 2 aromatic rings. The monoisotopic (exact) mass is 378 g/mol. The van der Waals surface area contributed by atoms with E-state index in [0.29, 0.717) is 5.56 Å². The maximum Gasteiger partial charge on any atom is 0.282 e. The number of aryl methyl sites for hydroxylation is 1. The SMILES string of the molecule is CCc1ccc(NC(=O)[C@@H](C)[NH+]2CC[NH+](Cc3ccc(C#N)cc3)CC2)cc1. The number of hydrogen-bond acceptors (Lipinski definition) is 2. The molecule has 1 aliphatic rings. The lowest BCUT2D eigenvalue weighted by molar-refractivity contribution is -1.02. The van der Waals surface area contributed by atoms with Gasteiger partial charge in [0, 0.05) is 11.3 Å². The van der Waals surface area contributed by atoms with Crippen LogP contribution in [0.15, 0.2) is 48.5 Å². The molecule has 0 spiro atoms. The van der Waals surface area contributed by atoms with E-state index in [-0.39, 0.29) is 11.9 Å². The predicted molar refractivity (Wildman–Crippen MR) is 110 cm³/mol. The highest BCUT2D eigenvalue weighted by atomic mass is 16.2. The molecule has 146 valence electrons. The number of nitrogens with zero attached hydrogens (tertiary/aromatic N) is 1. The first-order valence-electron chi connectivity index (χ1n) is 10.2. The van der Waals surface area contributed by atoms with Gasteiger partial charge in [-0.15, -0.1) is 0 Å². The van der Waals surface area contributed by atoms with Crippen LogP contribution in [-0.2, 0) is 17.8 Å². The Morgan fingerprint density at radius 1 is 1.04 bits per heavy atom. The van der Waals surface area contributed by atoms with Gasteiger partial charge in [-0.3, -0.25) is 4.79 Å². The Labute approximate surface area is 167 Å². The first kappa shape index (κ1) is 20.1. The Hall–Kier alpha value is -2.68. The number of piperazine rings is 1. The summed E-state index contributed by atoms with van der Waals surface area (Å²) < 4.78 is 0. The minimum Gasteiger partial charge on any atom is -0.322 e. The molecule has 1 saturated heterocycles. The zero-order valence-electron chi connectivity index (χ0n) is 16.8. The maximum atomic E-state index is 12.6. The minimum absolute atomic E-state index is 0.0534. The summed E-state index contributed by atoms with van der Waals surface area (Å²) in [7, 11) is 0. The van der Waals surface area contributed by atoms with E-state index in [0.717, 1.165) is 44.8 Å². The van der Waals surface area contributed by atoms with Gasteiger partial charge in [-0.25, -0.2) is 0 Å². The molecule has 1 fully saturated rings. The van der Waals surface area contributed by atoms with Gasteiger partial charge in [-0.2, -0.15) is 5.26 Å². The quantitative estimate of drug-likeness (QED) is 0.683. The molecule has 0 aromatic heterocycles. The fourth-order valence-corrected chi connectivity index (χ4v) is 3.78. The highest BCUT2D eigenvalue weighted by Crippen LogP contribution is 2.10. The molecule has 1 amide bonds. The number of amides is 1. The van der Waals surface area contributed by atoms with E-state index in [2.05, 4.69) is 30.4 Å². The molecule has 3 rings (SSSR count). The number of carbonyl (C=O) groups excluding carboxylic acids is 1. The van der Waals surface area contributed by atoms with Crippen molar-refractivity contribution in [1.82, 2.24) is 0 Å². The Balaban J connectivity index is 1.47. The molecule has 5 nitrogen and oxygen atoms in total. The van der Waals surface area contributed by atoms with Gasteiger partial charge in [-0.1, -0.05) is 31.2 Å². The molecular weight excluding hydrogens is 348 g/mol. The highest BCUT2D eigenvalue weighted by Gasteiger charge is 2.31. The second kappa shape index (κ2) is 9.50. The van der Waals surface area contributed by atoms with Crippen molar-refractivity contribution in [2.24, 2.45) is 0 Å². The normalized spacial score (nSPS) is 20.2. The third-order valence-corrected chi connectivity index (χ3v) is 5.77. The third-order valence-electron chi connectivity index (χ3n) is 5.77. The number of rotatable bonds is 6. The number of quaternary nitrogens is 2. The van der Waals surface area contributed by atoms with Crippen molar-refractivity contribution in [3.63, 3.8) is 0 Å². The van der Waals surface area contributed by atoms with Gasteiger partial charge in [0.2, 0.25) is 0 Å². The van der Waals surface area contributed by atoms with Crippen molar-refractivity contribution in [3.05, 3.63) is 65.2 Å². The number of nitriles is 1. The summed E-state index contributed by atoms with van der Waals surface area (Å²) in [6.45, 7) is 9.22. The topological polar surface area (TPSA) is 61.8 Å². The molecule has 0 saturated carbocycles. The first-order chi connectivity index (χ1) is 13.6. The van der Waals surface area contributed by atoms with Gasteiger partial charge < -0.3 is 15.1 Å². The summed E-state index contributed by atoms with van der Waals surface area (Å²) in [4.78, 5) is 15.5. The van der Waals surface area contributed by atoms with E-state index >= 15 is 0 Å². The lowest BCUT2D eigenvalue weighted by Gasteiger charge is -2.32. The number of benzene rings is 2. The predicted octanol–water partition coefficient (Wildman–Crippen LogP) is 0.431. The zero-order valence-corrected chi connectivity index (χ0v) is 16.8. The molecule has 3 N–H and O–H groups in total. The first-order valence-corrected chi connectivity index (χ1v) is 10.2. The maximum absolute atomic E-state index is 12.6. The average Bonchev–Trinajstić information content (AvgIpc) is 2.75. The molecule has 1 atom stereocenters. The van der Waals surface area contributed by atoms with E-state index in [1.165, 1.54) is 20.9 Å². The Kier molecular flexibility index (Phi) is 6.80. The van der Waals surface area contributed by atoms with Crippen LogP contribution >= 0.6 is 0 Å². The van der Waals surface area contributed by atoms with Crippen LogP contribution in [0, 0.1) is 11.3 Å². The van der Waals surface area contributed by atoms with Crippen LogP contribution in [0.3, 0.4) is 0 Å². The Morgan fingerprint density at radius 3 is 2.21 bits per heavy atom. The van der Waals surface area contributed by atoms with Crippen LogP contribution in [0.5, 0.6) is 0 Å². The van der Waals surface area contributed by atoms with Gasteiger partial charge in [0.1, 0.15) is 32.7 Å². The van der Waals surface area contributed by atoms with Crippen molar-refractivity contribution in [2.75, 3.05) is 31.5 Å². The summed E-state index contributed by atoms with van der Waals surface area (Å²) >= 11 is 0. The summed E-state index contributed by atoms with van der Waals surface area (Å²) in [5, 5.41) is 12.0. The largest absolute Gasteiger partial charge is 0.322 e. The number of nitrogens with one attached hydrogen (secondary N) is 3. The van der Waals surface area contributed by atoms with Crippen LogP contribution in [-0.4, -0.2) is 38.1 Å². The van der Waals surface area contributed by atoms with Crippen molar-refractivity contribution < 1.29 is 14.6 Å². The van der Waals surface area contributed by atoms with Crippen LogP contribution in [0.4, 0.5) is 5.69 Å². The van der Waals surface area contributed by atoms with Crippen molar-refractivity contribution >= 4 is 11.6 Å². The van der Waals surface area contributed by atoms with Crippen molar-refractivity contribution in [1.29, 1.82) is 5.26 Å². The highest BCUT2D eigenvalue weighted by molar-refractivity contribution is 5.93. The second-order valence-corrected chi connectivity index (χ2v) is 7.66. The van der Waals surface area contributed by atoms with Crippen molar-refractivity contribution in [2.45, 2.75) is 32.9 Å². The minimum atomic E-state index is -0.0534. The molecule has 0 aliphatic carbocycles. The van der Waals surface area contributed by atoms with Gasteiger partial charge in [-0.05, 0) is 43.2 Å². The standard InChI is InChI=1S/C23H28N4O/c1-3-19-8-10-22(11-9-19)25-23(28)18(2)27-14-12-26(13-15-27)17-21-6-4-20(16-24)5-7-21/h4-11,18H,3,12-15,17H2,1-2H3,(H,25,28)/p+2/t18-/m1/s1. The lowest BCUT2D eigenvalue weighted by Crippen LogP contribution is -3.29.